The number of nitrogens with zero attached hydrogens (tertiary/aromatic N) is 3. The number of aromatic nitrogens is 1. The number of hydrogen-bond donors (Lipinski definition) is 1. The third-order valence-corrected chi connectivity index (χ3v) is 8.56. The first kappa shape index (κ1) is 27.0. The molecule has 2 aliphatic heterocycles. The Bertz CT molecular complexity index is 1330. The third kappa shape index (κ3) is 5.86. The number of carbonyl (C=O) groups excluding carboxylic acids is 1. The molecular formula is C27H25Cl2F3N4OS. The van der Waals surface area contributed by atoms with Crippen molar-refractivity contribution >= 4 is 52.3 Å². The Morgan fingerprint density at radius 2 is 1.87 bits per heavy atom. The van der Waals surface area contributed by atoms with Crippen LogP contribution < -0.4 is 10.2 Å². The molecule has 1 spiro atoms. The maximum absolute atomic E-state index is 13.6. The van der Waals surface area contributed by atoms with Crippen LogP contribution in [0.4, 0.5) is 23.7 Å². The van der Waals surface area contributed by atoms with Crippen LogP contribution in [0.15, 0.2) is 54.7 Å². The molecule has 0 radical (unpaired) electrons. The van der Waals surface area contributed by atoms with Gasteiger partial charge in [-0.25, -0.2) is 9.78 Å². The van der Waals surface area contributed by atoms with Crippen LogP contribution in [0, 0.1) is 0 Å². The Labute approximate surface area is 232 Å². The largest absolute Gasteiger partial charge is 0.416 e. The van der Waals surface area contributed by atoms with Crippen LogP contribution in [-0.4, -0.2) is 42.1 Å². The van der Waals surface area contributed by atoms with Gasteiger partial charge in [0.25, 0.3) is 0 Å². The van der Waals surface area contributed by atoms with E-state index in [1.807, 2.05) is 30.3 Å². The van der Waals surface area contributed by atoms with Gasteiger partial charge in [-0.2, -0.15) is 13.2 Å². The number of hydrogen-bond acceptors (Lipinski definition) is 4. The van der Waals surface area contributed by atoms with Gasteiger partial charge in [0.2, 0.25) is 0 Å². The second kappa shape index (κ2) is 10.9. The quantitative estimate of drug-likeness (QED) is 0.346. The molecule has 1 N–H and O–H groups in total. The van der Waals surface area contributed by atoms with Crippen LogP contribution in [0.2, 0.25) is 9.49 Å². The van der Waals surface area contributed by atoms with Crippen molar-refractivity contribution < 1.29 is 18.0 Å². The first-order valence-electron chi connectivity index (χ1n) is 12.1. The fourth-order valence-electron chi connectivity index (χ4n) is 5.15. The van der Waals surface area contributed by atoms with E-state index >= 15 is 0 Å². The Balaban J connectivity index is 1.30. The van der Waals surface area contributed by atoms with E-state index in [9.17, 15) is 18.0 Å². The average Bonchev–Trinajstić information content (AvgIpc) is 3.45. The molecule has 38 heavy (non-hydrogen) atoms. The van der Waals surface area contributed by atoms with Crippen molar-refractivity contribution in [2.75, 3.05) is 31.1 Å². The number of anilines is 1. The van der Waals surface area contributed by atoms with Crippen molar-refractivity contribution in [3.8, 4) is 0 Å². The van der Waals surface area contributed by atoms with Gasteiger partial charge in [-0.05, 0) is 67.4 Å². The monoisotopic (exact) mass is 580 g/mol. The molecule has 0 saturated carbocycles. The van der Waals surface area contributed by atoms with Crippen molar-refractivity contribution in [1.82, 2.24) is 15.2 Å². The summed E-state index contributed by atoms with van der Waals surface area (Å²) in [5.41, 5.74) is 0.964. The summed E-state index contributed by atoms with van der Waals surface area (Å²) in [5, 5.41) is 3.55. The first-order chi connectivity index (χ1) is 18.1. The number of fused-ring (bicyclic) bond motifs is 2. The Morgan fingerprint density at radius 1 is 1.13 bits per heavy atom. The van der Waals surface area contributed by atoms with E-state index in [0.29, 0.717) is 40.1 Å². The van der Waals surface area contributed by atoms with Gasteiger partial charge in [0.15, 0.2) is 4.47 Å². The Hall–Kier alpha value is -2.59. The van der Waals surface area contributed by atoms with Crippen LogP contribution in [0.25, 0.3) is 6.08 Å². The van der Waals surface area contributed by atoms with Crippen molar-refractivity contribution in [2.45, 2.75) is 31.0 Å². The van der Waals surface area contributed by atoms with E-state index in [1.165, 1.54) is 23.5 Å². The predicted octanol–water partition coefficient (Wildman–Crippen LogP) is 7.25. The van der Waals surface area contributed by atoms with Gasteiger partial charge >= 0.3 is 12.2 Å². The number of amides is 2. The number of halogens is 5. The minimum absolute atomic E-state index is 0.246. The first-order valence-corrected chi connectivity index (χ1v) is 13.7. The summed E-state index contributed by atoms with van der Waals surface area (Å²) in [6, 6.07) is 10.9. The lowest BCUT2D eigenvalue weighted by molar-refractivity contribution is -0.137. The molecule has 3 aromatic rings. The molecule has 2 aliphatic rings. The minimum Gasteiger partial charge on any atom is -0.333 e. The summed E-state index contributed by atoms with van der Waals surface area (Å²) in [6.45, 7) is 2.75. The van der Waals surface area contributed by atoms with Gasteiger partial charge in [-0.1, -0.05) is 47.5 Å². The molecule has 1 aromatic heterocycles. The number of thiazole rings is 1. The summed E-state index contributed by atoms with van der Waals surface area (Å²) >= 11 is 13.1. The highest BCUT2D eigenvalue weighted by atomic mass is 35.5. The van der Waals surface area contributed by atoms with E-state index in [0.717, 1.165) is 36.1 Å². The zero-order valence-electron chi connectivity index (χ0n) is 20.3. The second-order valence-electron chi connectivity index (χ2n) is 9.59. The standard InChI is InChI=1S/C27H25Cl2F3N4OS/c28-20-6-3-18(4-7-20)2-1-11-35-12-9-26(10-13-35)17-36(25(37)34-16-21-15-33-24(29)38-21)23-8-5-19(14-22(23)26)27(30,31)32/h1-8,14-15H,9-13,16-17H2,(H,34,37). The van der Waals surface area contributed by atoms with Crippen molar-refractivity contribution in [2.24, 2.45) is 0 Å². The zero-order valence-corrected chi connectivity index (χ0v) is 22.6. The molecule has 0 bridgehead atoms. The molecule has 0 atom stereocenters. The van der Waals surface area contributed by atoms with Crippen molar-refractivity contribution in [3.05, 3.63) is 85.8 Å². The zero-order chi connectivity index (χ0) is 26.9. The smallest absolute Gasteiger partial charge is 0.333 e. The Morgan fingerprint density at radius 3 is 2.53 bits per heavy atom. The number of likely N-dealkylation sites (tertiary alicyclic amines) is 1. The SMILES string of the molecule is O=C(NCc1cnc(Cl)s1)N1CC2(CCN(CC=Cc3ccc(Cl)cc3)CC2)c2cc(C(F)(F)F)ccc21. The Kier molecular flexibility index (Phi) is 7.73. The van der Waals surface area contributed by atoms with E-state index in [1.54, 1.807) is 11.1 Å². The summed E-state index contributed by atoms with van der Waals surface area (Å²) in [4.78, 5) is 21.8. The summed E-state index contributed by atoms with van der Waals surface area (Å²) < 4.78 is 41.2. The second-order valence-corrected chi connectivity index (χ2v) is 11.7. The normalized spacial score (nSPS) is 17.3. The molecule has 5 rings (SSSR count). The fraction of sp³-hybridized carbons (Fsp3) is 0.333. The molecule has 1 fully saturated rings. The predicted molar refractivity (Wildman–Crippen MR) is 146 cm³/mol. The number of benzene rings is 2. The van der Waals surface area contributed by atoms with Gasteiger partial charge < -0.3 is 5.32 Å². The highest BCUT2D eigenvalue weighted by Gasteiger charge is 2.47. The van der Waals surface area contributed by atoms with Crippen LogP contribution in [-0.2, 0) is 18.1 Å². The van der Waals surface area contributed by atoms with Crippen LogP contribution in [0.5, 0.6) is 0 Å². The van der Waals surface area contributed by atoms with E-state index in [4.69, 9.17) is 23.2 Å². The molecule has 200 valence electrons. The van der Waals surface area contributed by atoms with Crippen molar-refractivity contribution in [3.63, 3.8) is 0 Å². The van der Waals surface area contributed by atoms with Gasteiger partial charge in [-0.15, -0.1) is 11.3 Å². The maximum atomic E-state index is 13.6. The number of rotatable bonds is 5. The molecule has 5 nitrogen and oxygen atoms in total. The number of urea groups is 1. The lowest BCUT2D eigenvalue weighted by Gasteiger charge is -2.39. The number of nitrogens with one attached hydrogen (secondary N) is 1. The topological polar surface area (TPSA) is 48.5 Å². The van der Waals surface area contributed by atoms with Crippen LogP contribution in [0.3, 0.4) is 0 Å². The molecular weight excluding hydrogens is 556 g/mol. The summed E-state index contributed by atoms with van der Waals surface area (Å²) in [5.74, 6) is 0. The van der Waals surface area contributed by atoms with E-state index < -0.39 is 17.2 Å². The highest BCUT2D eigenvalue weighted by molar-refractivity contribution is 7.15. The summed E-state index contributed by atoms with van der Waals surface area (Å²) in [6.07, 6.45) is 2.57. The number of alkyl halides is 3. The molecule has 2 amide bonds. The van der Waals surface area contributed by atoms with Gasteiger partial charge in [0.1, 0.15) is 0 Å². The molecule has 2 aromatic carbocycles. The van der Waals surface area contributed by atoms with Gasteiger partial charge in [0, 0.05) is 40.3 Å². The maximum Gasteiger partial charge on any atom is 0.416 e. The van der Waals surface area contributed by atoms with E-state index in [-0.39, 0.29) is 12.6 Å². The molecule has 11 heteroatoms. The minimum atomic E-state index is -4.45. The molecule has 1 saturated heterocycles. The van der Waals surface area contributed by atoms with Crippen molar-refractivity contribution in [1.29, 1.82) is 0 Å². The fourth-order valence-corrected chi connectivity index (χ4v) is 6.20. The number of carbonyl (C=O) groups is 1. The third-order valence-electron chi connectivity index (χ3n) is 7.19. The molecule has 0 unspecified atom stereocenters. The summed E-state index contributed by atoms with van der Waals surface area (Å²) in [7, 11) is 0. The lowest BCUT2D eigenvalue weighted by Crippen LogP contribution is -2.47. The van der Waals surface area contributed by atoms with Gasteiger partial charge in [0.05, 0.1) is 12.1 Å². The van der Waals surface area contributed by atoms with Gasteiger partial charge in [-0.3, -0.25) is 9.80 Å². The molecule has 3 heterocycles. The highest BCUT2D eigenvalue weighted by Crippen LogP contribution is 2.48. The lowest BCUT2D eigenvalue weighted by atomic mass is 9.74. The van der Waals surface area contributed by atoms with Crippen LogP contribution >= 0.6 is 34.5 Å². The van der Waals surface area contributed by atoms with Crippen LogP contribution in [0.1, 0.15) is 34.4 Å². The molecule has 0 aliphatic carbocycles. The average molecular weight is 581 g/mol. The number of piperidine rings is 1. The van der Waals surface area contributed by atoms with E-state index in [2.05, 4.69) is 21.3 Å².